The molecule has 0 aliphatic heterocycles. The number of amides is 2. The first kappa shape index (κ1) is 20.6. The molecule has 3 aromatic carbocycles. The van der Waals surface area contributed by atoms with Crippen LogP contribution in [0.2, 0.25) is 0 Å². The standard InChI is InChI=1S/C26H22N4O3/c1-16-27-23-8-3-2-7-22(23)26(33)30(16)21-13-11-18(12-14-21)25(32)29-20-6-4-5-19(15-20)28-24(31)17-9-10-17/h2-8,11-15,17H,9-10H2,1H3,(H,28,31)(H,29,32). The first-order valence-electron chi connectivity index (χ1n) is 10.8. The predicted molar refractivity (Wildman–Crippen MR) is 128 cm³/mol. The van der Waals surface area contributed by atoms with Gasteiger partial charge in [0.15, 0.2) is 0 Å². The number of hydrogen-bond donors (Lipinski definition) is 2. The molecule has 1 aliphatic rings. The monoisotopic (exact) mass is 438 g/mol. The number of anilines is 2. The van der Waals surface area contributed by atoms with Crippen LogP contribution in [0.15, 0.2) is 77.6 Å². The highest BCUT2D eigenvalue weighted by molar-refractivity contribution is 6.05. The van der Waals surface area contributed by atoms with Gasteiger partial charge in [-0.2, -0.15) is 0 Å². The Morgan fingerprint density at radius 1 is 0.909 bits per heavy atom. The lowest BCUT2D eigenvalue weighted by Gasteiger charge is -2.12. The number of benzene rings is 3. The quantitative estimate of drug-likeness (QED) is 0.486. The molecule has 0 spiro atoms. The van der Waals surface area contributed by atoms with Gasteiger partial charge in [0.05, 0.1) is 16.6 Å². The molecule has 0 saturated heterocycles. The number of fused-ring (bicyclic) bond motifs is 1. The topological polar surface area (TPSA) is 93.1 Å². The van der Waals surface area contributed by atoms with Crippen molar-refractivity contribution >= 4 is 34.1 Å². The fourth-order valence-electron chi connectivity index (χ4n) is 3.78. The van der Waals surface area contributed by atoms with Crippen LogP contribution >= 0.6 is 0 Å². The third-order valence-corrected chi connectivity index (χ3v) is 5.67. The van der Waals surface area contributed by atoms with Crippen LogP contribution in [0.25, 0.3) is 16.6 Å². The van der Waals surface area contributed by atoms with E-state index in [2.05, 4.69) is 15.6 Å². The number of hydrogen-bond acceptors (Lipinski definition) is 4. The molecule has 1 saturated carbocycles. The van der Waals surface area contributed by atoms with Crippen molar-refractivity contribution in [1.29, 1.82) is 0 Å². The molecule has 7 heteroatoms. The van der Waals surface area contributed by atoms with Crippen LogP contribution in [0.4, 0.5) is 11.4 Å². The van der Waals surface area contributed by atoms with Gasteiger partial charge in [-0.15, -0.1) is 0 Å². The molecule has 0 radical (unpaired) electrons. The van der Waals surface area contributed by atoms with Gasteiger partial charge in [0.2, 0.25) is 5.91 Å². The minimum absolute atomic E-state index is 0.0165. The van der Waals surface area contributed by atoms with E-state index in [0.29, 0.717) is 39.4 Å². The molecule has 33 heavy (non-hydrogen) atoms. The number of carbonyl (C=O) groups is 2. The van der Waals surface area contributed by atoms with E-state index in [1.54, 1.807) is 61.5 Å². The Morgan fingerprint density at radius 3 is 2.33 bits per heavy atom. The normalized spacial score (nSPS) is 13.0. The number of aryl methyl sites for hydroxylation is 1. The molecule has 1 heterocycles. The summed E-state index contributed by atoms with van der Waals surface area (Å²) < 4.78 is 1.54. The first-order valence-corrected chi connectivity index (χ1v) is 10.8. The van der Waals surface area contributed by atoms with Crippen molar-refractivity contribution in [3.63, 3.8) is 0 Å². The van der Waals surface area contributed by atoms with E-state index in [1.165, 1.54) is 4.57 Å². The Bertz CT molecular complexity index is 1440. The maximum Gasteiger partial charge on any atom is 0.265 e. The molecular formula is C26H22N4O3. The van der Waals surface area contributed by atoms with Gasteiger partial charge in [-0.1, -0.05) is 18.2 Å². The molecule has 7 nitrogen and oxygen atoms in total. The average molecular weight is 438 g/mol. The van der Waals surface area contributed by atoms with Crippen molar-refractivity contribution in [3.8, 4) is 5.69 Å². The largest absolute Gasteiger partial charge is 0.326 e. The Kier molecular flexibility index (Phi) is 5.22. The molecule has 1 aliphatic carbocycles. The highest BCUT2D eigenvalue weighted by Crippen LogP contribution is 2.30. The zero-order chi connectivity index (χ0) is 22.9. The molecule has 0 unspecified atom stereocenters. The van der Waals surface area contributed by atoms with Crippen LogP contribution in [-0.2, 0) is 4.79 Å². The molecule has 0 atom stereocenters. The van der Waals surface area contributed by atoms with Crippen LogP contribution in [0.5, 0.6) is 0 Å². The smallest absolute Gasteiger partial charge is 0.265 e. The summed E-state index contributed by atoms with van der Waals surface area (Å²) in [6.45, 7) is 1.78. The zero-order valence-electron chi connectivity index (χ0n) is 18.0. The van der Waals surface area contributed by atoms with E-state index in [-0.39, 0.29) is 23.3 Å². The van der Waals surface area contributed by atoms with Gasteiger partial charge in [0.1, 0.15) is 5.82 Å². The Balaban J connectivity index is 1.35. The summed E-state index contributed by atoms with van der Waals surface area (Å²) in [6.07, 6.45) is 1.86. The van der Waals surface area contributed by atoms with Gasteiger partial charge < -0.3 is 10.6 Å². The maximum atomic E-state index is 13.0. The summed E-state index contributed by atoms with van der Waals surface area (Å²) in [7, 11) is 0. The summed E-state index contributed by atoms with van der Waals surface area (Å²) in [6, 6.07) is 21.1. The van der Waals surface area contributed by atoms with Crippen LogP contribution in [0, 0.1) is 12.8 Å². The van der Waals surface area contributed by atoms with Crippen molar-refractivity contribution < 1.29 is 9.59 Å². The number of aromatic nitrogens is 2. The van der Waals surface area contributed by atoms with E-state index in [4.69, 9.17) is 0 Å². The second-order valence-corrected chi connectivity index (χ2v) is 8.16. The zero-order valence-corrected chi connectivity index (χ0v) is 18.0. The van der Waals surface area contributed by atoms with Gasteiger partial charge >= 0.3 is 0 Å². The SMILES string of the molecule is Cc1nc2ccccc2c(=O)n1-c1ccc(C(=O)Nc2cccc(NC(=O)C3CC3)c2)cc1. The summed E-state index contributed by atoms with van der Waals surface area (Å²) in [5.74, 6) is 0.410. The third kappa shape index (κ3) is 4.25. The van der Waals surface area contributed by atoms with E-state index in [1.807, 2.05) is 18.2 Å². The lowest BCUT2D eigenvalue weighted by atomic mass is 10.1. The number of para-hydroxylation sites is 1. The molecule has 164 valence electrons. The molecule has 4 aromatic rings. The van der Waals surface area contributed by atoms with E-state index in [0.717, 1.165) is 12.8 Å². The first-order chi connectivity index (χ1) is 16.0. The Hall–Kier alpha value is -4.26. The van der Waals surface area contributed by atoms with Crippen molar-refractivity contribution in [3.05, 3.63) is 94.5 Å². The fraction of sp³-hybridized carbons (Fsp3) is 0.154. The molecule has 2 N–H and O–H groups in total. The van der Waals surface area contributed by atoms with Crippen LogP contribution in [-0.4, -0.2) is 21.4 Å². The maximum absolute atomic E-state index is 13.0. The van der Waals surface area contributed by atoms with Gasteiger partial charge in [-0.3, -0.25) is 19.0 Å². The minimum Gasteiger partial charge on any atom is -0.326 e. The molecule has 5 rings (SSSR count). The number of carbonyl (C=O) groups excluding carboxylic acids is 2. The van der Waals surface area contributed by atoms with E-state index >= 15 is 0 Å². The van der Waals surface area contributed by atoms with Crippen molar-refractivity contribution in [2.45, 2.75) is 19.8 Å². The molecule has 1 aromatic heterocycles. The molecule has 1 fully saturated rings. The van der Waals surface area contributed by atoms with Gasteiger partial charge in [0, 0.05) is 22.9 Å². The summed E-state index contributed by atoms with van der Waals surface area (Å²) >= 11 is 0. The molecule has 2 amide bonds. The van der Waals surface area contributed by atoms with Gasteiger partial charge in [0.25, 0.3) is 11.5 Å². The third-order valence-electron chi connectivity index (χ3n) is 5.67. The lowest BCUT2D eigenvalue weighted by molar-refractivity contribution is -0.117. The predicted octanol–water partition coefficient (Wildman–Crippen LogP) is 4.29. The summed E-state index contributed by atoms with van der Waals surface area (Å²) in [5, 5.41) is 6.27. The van der Waals surface area contributed by atoms with Gasteiger partial charge in [-0.25, -0.2) is 4.98 Å². The van der Waals surface area contributed by atoms with E-state index < -0.39 is 0 Å². The fourth-order valence-corrected chi connectivity index (χ4v) is 3.78. The highest BCUT2D eigenvalue weighted by atomic mass is 16.2. The Labute approximate surface area is 190 Å². The Morgan fingerprint density at radius 2 is 1.61 bits per heavy atom. The summed E-state index contributed by atoms with van der Waals surface area (Å²) in [4.78, 5) is 42.2. The van der Waals surface area contributed by atoms with Crippen molar-refractivity contribution in [1.82, 2.24) is 9.55 Å². The van der Waals surface area contributed by atoms with Gasteiger partial charge in [-0.05, 0) is 74.4 Å². The number of rotatable bonds is 5. The lowest BCUT2D eigenvalue weighted by Crippen LogP contribution is -2.22. The average Bonchev–Trinajstić information content (AvgIpc) is 3.65. The second kappa shape index (κ2) is 8.35. The molecule has 0 bridgehead atoms. The number of nitrogens with one attached hydrogen (secondary N) is 2. The van der Waals surface area contributed by atoms with Crippen molar-refractivity contribution in [2.24, 2.45) is 5.92 Å². The van der Waals surface area contributed by atoms with Crippen LogP contribution in [0.1, 0.15) is 29.0 Å². The van der Waals surface area contributed by atoms with Crippen LogP contribution in [0.3, 0.4) is 0 Å². The van der Waals surface area contributed by atoms with Crippen LogP contribution < -0.4 is 16.2 Å². The molecular weight excluding hydrogens is 416 g/mol. The van der Waals surface area contributed by atoms with E-state index in [9.17, 15) is 14.4 Å². The highest BCUT2D eigenvalue weighted by Gasteiger charge is 2.29. The second-order valence-electron chi connectivity index (χ2n) is 8.16. The van der Waals surface area contributed by atoms with Crippen molar-refractivity contribution in [2.75, 3.05) is 10.6 Å². The minimum atomic E-state index is -0.284. The number of nitrogens with zero attached hydrogens (tertiary/aromatic N) is 2. The summed E-state index contributed by atoms with van der Waals surface area (Å²) in [5.41, 5.74) is 2.83.